The molecule has 4 N–H and O–H groups in total. The molecule has 1 atom stereocenters. The predicted molar refractivity (Wildman–Crippen MR) is 55.6 cm³/mol. The molecule has 0 bridgehead atoms. The molecule has 98 valence electrons. The van der Waals surface area contributed by atoms with Crippen molar-refractivity contribution in [3.05, 3.63) is 18.0 Å². The maximum atomic E-state index is 11.3. The highest BCUT2D eigenvalue weighted by molar-refractivity contribution is 5.86. The number of hydrogen-bond acceptors (Lipinski definition) is 5. The summed E-state index contributed by atoms with van der Waals surface area (Å²) in [7, 11) is 0. The third-order valence-corrected chi connectivity index (χ3v) is 1.90. The fourth-order valence-electron chi connectivity index (χ4n) is 1.08. The van der Waals surface area contributed by atoms with Crippen LogP contribution in [0.1, 0.15) is 12.1 Å². The highest BCUT2D eigenvalue weighted by atomic mass is 16.5. The topological polar surface area (TPSA) is 142 Å². The third kappa shape index (κ3) is 4.51. The Bertz CT molecular complexity index is 430. The summed E-state index contributed by atoms with van der Waals surface area (Å²) in [5, 5.41) is 25.0. The number of aromatic nitrogens is 1. The van der Waals surface area contributed by atoms with Crippen LogP contribution in [0.4, 0.5) is 4.79 Å². The molecule has 0 unspecified atom stereocenters. The van der Waals surface area contributed by atoms with E-state index in [0.29, 0.717) is 5.69 Å². The van der Waals surface area contributed by atoms with Crippen molar-refractivity contribution in [3.63, 3.8) is 0 Å². The number of amides is 2. The molecule has 9 heteroatoms. The Labute approximate surface area is 101 Å². The van der Waals surface area contributed by atoms with Crippen molar-refractivity contribution in [1.29, 1.82) is 0 Å². The second-order valence-electron chi connectivity index (χ2n) is 3.31. The van der Waals surface area contributed by atoms with Crippen LogP contribution in [0.25, 0.3) is 0 Å². The lowest BCUT2D eigenvalue weighted by Gasteiger charge is -2.12. The number of carbonyl (C=O) groups excluding carboxylic acids is 1. The summed E-state index contributed by atoms with van der Waals surface area (Å²) in [6, 6.07) is -0.766. The number of carboxylic acids is 2. The first-order valence-electron chi connectivity index (χ1n) is 4.87. The van der Waals surface area contributed by atoms with E-state index < -0.39 is 30.4 Å². The van der Waals surface area contributed by atoms with E-state index >= 15 is 0 Å². The molecule has 18 heavy (non-hydrogen) atoms. The fourth-order valence-corrected chi connectivity index (χ4v) is 1.08. The molecule has 9 nitrogen and oxygen atoms in total. The Kier molecular flexibility index (Phi) is 4.67. The van der Waals surface area contributed by atoms with Gasteiger partial charge in [0.25, 0.3) is 0 Å². The quantitative estimate of drug-likeness (QED) is 0.533. The van der Waals surface area contributed by atoms with Crippen LogP contribution in [0.2, 0.25) is 0 Å². The lowest BCUT2D eigenvalue weighted by molar-refractivity contribution is -0.145. The van der Waals surface area contributed by atoms with Gasteiger partial charge < -0.3 is 25.4 Å². The minimum Gasteiger partial charge on any atom is -0.481 e. The number of urea groups is 1. The van der Waals surface area contributed by atoms with Gasteiger partial charge in [-0.3, -0.25) is 4.79 Å². The molecule has 1 aromatic rings. The molecule has 0 saturated carbocycles. The van der Waals surface area contributed by atoms with Crippen LogP contribution < -0.4 is 10.6 Å². The van der Waals surface area contributed by atoms with E-state index in [2.05, 4.69) is 15.0 Å². The molecule has 0 spiro atoms. The molecule has 0 saturated heterocycles. The van der Waals surface area contributed by atoms with E-state index in [1.165, 1.54) is 12.3 Å². The summed E-state index contributed by atoms with van der Waals surface area (Å²) in [5.74, 6) is -2.74. The van der Waals surface area contributed by atoms with Crippen molar-refractivity contribution in [2.24, 2.45) is 0 Å². The molecular formula is C9H11N3O6. The summed E-state index contributed by atoms with van der Waals surface area (Å²) in [4.78, 5) is 32.4. The van der Waals surface area contributed by atoms with Crippen LogP contribution >= 0.6 is 0 Å². The zero-order valence-electron chi connectivity index (χ0n) is 9.12. The van der Waals surface area contributed by atoms with E-state index in [-0.39, 0.29) is 6.54 Å². The Hall–Kier alpha value is -2.58. The molecule has 1 aromatic heterocycles. The number of nitrogens with zero attached hydrogens (tertiary/aromatic N) is 1. The first-order valence-corrected chi connectivity index (χ1v) is 4.87. The summed E-state index contributed by atoms with van der Waals surface area (Å²) in [6.45, 7) is 0.0434. The number of nitrogens with one attached hydrogen (secondary N) is 2. The van der Waals surface area contributed by atoms with Crippen LogP contribution in [-0.2, 0) is 16.1 Å². The number of rotatable bonds is 6. The van der Waals surface area contributed by atoms with Crippen LogP contribution in [0, 0.1) is 0 Å². The smallest absolute Gasteiger partial charge is 0.326 e. The monoisotopic (exact) mass is 257 g/mol. The van der Waals surface area contributed by atoms with Crippen LogP contribution in [0.15, 0.2) is 16.9 Å². The maximum Gasteiger partial charge on any atom is 0.326 e. The van der Waals surface area contributed by atoms with Crippen molar-refractivity contribution in [2.75, 3.05) is 0 Å². The molecular weight excluding hydrogens is 246 g/mol. The Balaban J connectivity index is 2.41. The molecule has 0 aliphatic carbocycles. The minimum absolute atomic E-state index is 0.0434. The standard InChI is InChI=1S/C9H11N3O6/c13-7(14)3-6(8(15)16)11-9(17)10-4-5-1-2-18-12-5/h1-2,6H,3-4H2,(H,13,14)(H,15,16)(H2,10,11,17)/t6-/m1/s1. The van der Waals surface area contributed by atoms with E-state index in [9.17, 15) is 14.4 Å². The molecule has 0 aromatic carbocycles. The minimum atomic E-state index is -1.49. The fraction of sp³-hybridized carbons (Fsp3) is 0.333. The van der Waals surface area contributed by atoms with Crippen LogP contribution in [0.5, 0.6) is 0 Å². The molecule has 2 amide bonds. The van der Waals surface area contributed by atoms with Gasteiger partial charge in [0.2, 0.25) is 0 Å². The highest BCUT2D eigenvalue weighted by Crippen LogP contribution is 1.95. The predicted octanol–water partition coefficient (Wildman–Crippen LogP) is -0.598. The summed E-state index contributed by atoms with van der Waals surface area (Å²) < 4.78 is 4.53. The number of carboxylic acid groups (broad SMARTS) is 2. The number of hydrogen-bond donors (Lipinski definition) is 4. The molecule has 0 aliphatic rings. The SMILES string of the molecule is O=C(O)C[C@@H](NC(=O)NCc1ccon1)C(=O)O. The van der Waals surface area contributed by atoms with Gasteiger partial charge in [-0.1, -0.05) is 5.16 Å². The van der Waals surface area contributed by atoms with E-state index in [4.69, 9.17) is 10.2 Å². The van der Waals surface area contributed by atoms with Gasteiger partial charge >= 0.3 is 18.0 Å². The van der Waals surface area contributed by atoms with Gasteiger partial charge in [-0.15, -0.1) is 0 Å². The molecule has 0 fully saturated rings. The van der Waals surface area contributed by atoms with Crippen molar-refractivity contribution < 1.29 is 29.1 Å². The summed E-state index contributed by atoms with van der Waals surface area (Å²) in [5.41, 5.74) is 0.454. The molecule has 1 rings (SSSR count). The Morgan fingerprint density at radius 3 is 2.61 bits per heavy atom. The normalized spacial score (nSPS) is 11.6. The second-order valence-corrected chi connectivity index (χ2v) is 3.31. The average Bonchev–Trinajstić information content (AvgIpc) is 2.77. The van der Waals surface area contributed by atoms with Gasteiger partial charge in [0.15, 0.2) is 0 Å². The van der Waals surface area contributed by atoms with E-state index in [1.807, 2.05) is 5.32 Å². The van der Waals surface area contributed by atoms with Crippen molar-refractivity contribution in [1.82, 2.24) is 15.8 Å². The summed E-state index contributed by atoms with van der Waals surface area (Å²) >= 11 is 0. The van der Waals surface area contributed by atoms with Crippen molar-refractivity contribution in [2.45, 2.75) is 19.0 Å². The largest absolute Gasteiger partial charge is 0.481 e. The molecule has 0 radical (unpaired) electrons. The molecule has 0 aliphatic heterocycles. The van der Waals surface area contributed by atoms with E-state index in [0.717, 1.165) is 0 Å². The maximum absolute atomic E-state index is 11.3. The average molecular weight is 257 g/mol. The first-order chi connectivity index (χ1) is 8.49. The van der Waals surface area contributed by atoms with Gasteiger partial charge in [-0.2, -0.15) is 0 Å². The van der Waals surface area contributed by atoms with Crippen molar-refractivity contribution >= 4 is 18.0 Å². The lowest BCUT2D eigenvalue weighted by Crippen LogP contribution is -2.46. The lowest BCUT2D eigenvalue weighted by atomic mass is 10.2. The number of carbonyl (C=O) groups is 3. The second kappa shape index (κ2) is 6.23. The highest BCUT2D eigenvalue weighted by Gasteiger charge is 2.22. The van der Waals surface area contributed by atoms with Gasteiger partial charge in [-0.05, 0) is 0 Å². The van der Waals surface area contributed by atoms with Gasteiger partial charge in [-0.25, -0.2) is 9.59 Å². The van der Waals surface area contributed by atoms with Crippen LogP contribution in [0.3, 0.4) is 0 Å². The first kappa shape index (κ1) is 13.5. The zero-order valence-corrected chi connectivity index (χ0v) is 9.12. The van der Waals surface area contributed by atoms with Gasteiger partial charge in [0, 0.05) is 6.07 Å². The number of aliphatic carboxylic acids is 2. The Morgan fingerprint density at radius 1 is 1.39 bits per heavy atom. The van der Waals surface area contributed by atoms with Gasteiger partial charge in [0.1, 0.15) is 18.0 Å². The van der Waals surface area contributed by atoms with Crippen LogP contribution in [-0.4, -0.2) is 39.4 Å². The van der Waals surface area contributed by atoms with Gasteiger partial charge in [0.05, 0.1) is 13.0 Å². The Morgan fingerprint density at radius 2 is 2.11 bits per heavy atom. The summed E-state index contributed by atoms with van der Waals surface area (Å²) in [6.07, 6.45) is 0.617. The van der Waals surface area contributed by atoms with E-state index in [1.54, 1.807) is 0 Å². The zero-order chi connectivity index (χ0) is 13.5. The molecule has 1 heterocycles. The van der Waals surface area contributed by atoms with Crippen molar-refractivity contribution in [3.8, 4) is 0 Å². The third-order valence-electron chi connectivity index (χ3n) is 1.90.